The van der Waals surface area contributed by atoms with Gasteiger partial charge in [0.2, 0.25) is 5.88 Å². The summed E-state index contributed by atoms with van der Waals surface area (Å²) in [6.07, 6.45) is -0.802. The lowest BCUT2D eigenvalue weighted by molar-refractivity contribution is -0.00225. The molecule has 15 heteroatoms. The van der Waals surface area contributed by atoms with Crippen molar-refractivity contribution < 1.29 is 36.6 Å². The zero-order valence-corrected chi connectivity index (χ0v) is 39.9. The molecule has 5 aliphatic rings. The molecule has 4 fully saturated rings. The van der Waals surface area contributed by atoms with Gasteiger partial charge < -0.3 is 19.1 Å². The normalized spacial score (nSPS) is 25.3. The van der Waals surface area contributed by atoms with Gasteiger partial charge in [-0.05, 0) is 68.1 Å². The summed E-state index contributed by atoms with van der Waals surface area (Å²) in [5.74, 6) is 2.06. The number of aromatic nitrogens is 3. The number of hydrogen-bond donors (Lipinski definition) is 0. The van der Waals surface area contributed by atoms with E-state index in [1.807, 2.05) is 15.9 Å². The first-order valence-electron chi connectivity index (χ1n) is 23.1. The number of amides is 1. The molecule has 10 nitrogen and oxygen atoms in total. The van der Waals surface area contributed by atoms with Gasteiger partial charge in [-0.25, -0.2) is 27.3 Å². The van der Waals surface area contributed by atoms with Crippen LogP contribution in [0.2, 0.25) is 16.6 Å². The first-order valence-corrected chi connectivity index (χ1v) is 25.3. The lowest BCUT2D eigenvalue weighted by atomic mass is 9.93. The van der Waals surface area contributed by atoms with Crippen LogP contribution in [0.3, 0.4) is 0 Å². The van der Waals surface area contributed by atoms with Crippen LogP contribution in [-0.2, 0) is 4.74 Å². The quantitative estimate of drug-likeness (QED) is 0.0741. The summed E-state index contributed by atoms with van der Waals surface area (Å²) in [7, 11) is -2.35. The Morgan fingerprint density at radius 3 is 2.45 bits per heavy atom. The first-order chi connectivity index (χ1) is 30.8. The van der Waals surface area contributed by atoms with Crippen LogP contribution in [0.5, 0.6) is 11.9 Å². The maximum Gasteiger partial charge on any atom is 0.410 e. The number of fused-ring (bicyclic) bond motifs is 7. The van der Waals surface area contributed by atoms with E-state index in [9.17, 15) is 9.18 Å². The number of nitrogens with zero attached hydrogens (tertiary/aromatic N) is 6. The van der Waals surface area contributed by atoms with Crippen LogP contribution in [0.25, 0.3) is 32.9 Å². The van der Waals surface area contributed by atoms with Crippen LogP contribution in [0.1, 0.15) is 93.6 Å². The van der Waals surface area contributed by atoms with Crippen LogP contribution < -0.4 is 14.4 Å². The first kappa shape index (κ1) is 45.2. The summed E-state index contributed by atoms with van der Waals surface area (Å²) in [6.45, 7) is 22.8. The lowest BCUT2D eigenvalue weighted by Crippen LogP contribution is -2.66. The molecule has 4 aromatic rings. The van der Waals surface area contributed by atoms with Gasteiger partial charge in [0.25, 0.3) is 0 Å². The molecule has 0 saturated carbocycles. The van der Waals surface area contributed by atoms with Gasteiger partial charge >= 0.3 is 12.1 Å². The number of rotatable bonds is 8. The van der Waals surface area contributed by atoms with E-state index in [2.05, 4.69) is 59.6 Å². The fourth-order valence-electron chi connectivity index (χ4n) is 12.2. The number of carbonyl (C=O) groups is 1. The third kappa shape index (κ3) is 7.50. The fraction of sp³-hybridized carbons (Fsp3) is 0.560. The summed E-state index contributed by atoms with van der Waals surface area (Å²) < 4.78 is 83.9. The molecule has 0 spiro atoms. The van der Waals surface area contributed by atoms with Crippen molar-refractivity contribution in [2.24, 2.45) is 0 Å². The molecule has 65 heavy (non-hydrogen) atoms. The smallest absolute Gasteiger partial charge is 0.410 e. The Labute approximate surface area is 380 Å². The maximum atomic E-state index is 18.0. The second-order valence-corrected chi connectivity index (χ2v) is 26.4. The average molecular weight is 913 g/mol. The predicted molar refractivity (Wildman–Crippen MR) is 248 cm³/mol. The fourth-order valence-corrected chi connectivity index (χ4v) is 17.4. The Morgan fingerprint density at radius 2 is 1.75 bits per heavy atom. The van der Waals surface area contributed by atoms with E-state index >= 15 is 13.2 Å². The maximum absolute atomic E-state index is 18.0. The van der Waals surface area contributed by atoms with Crippen molar-refractivity contribution in [3.63, 3.8) is 0 Å². The number of piperazine rings is 1. The summed E-state index contributed by atoms with van der Waals surface area (Å²) >= 11 is 0. The zero-order valence-electron chi connectivity index (χ0n) is 38.9. The van der Waals surface area contributed by atoms with E-state index < -0.39 is 68.0 Å². The molecule has 2 aromatic heterocycles. The third-order valence-corrected chi connectivity index (χ3v) is 21.1. The molecule has 7 heterocycles. The van der Waals surface area contributed by atoms with Gasteiger partial charge in [-0.1, -0.05) is 83.9 Å². The second kappa shape index (κ2) is 16.4. The van der Waals surface area contributed by atoms with Crippen LogP contribution in [0, 0.1) is 23.1 Å². The van der Waals surface area contributed by atoms with Gasteiger partial charge in [0.15, 0.2) is 11.9 Å². The van der Waals surface area contributed by atoms with Crippen molar-refractivity contribution in [3.05, 3.63) is 59.7 Å². The number of ether oxygens (including phenoxy) is 3. The van der Waals surface area contributed by atoms with E-state index in [4.69, 9.17) is 29.2 Å². The van der Waals surface area contributed by atoms with Gasteiger partial charge in [-0.2, -0.15) is 9.97 Å². The highest BCUT2D eigenvalue weighted by Gasteiger charge is 2.55. The van der Waals surface area contributed by atoms with Crippen molar-refractivity contribution in [1.29, 1.82) is 0 Å². The Balaban J connectivity index is 1.24. The molecular weight excluding hydrogens is 853 g/mol. The number of anilines is 1. The minimum absolute atomic E-state index is 0.0209. The highest BCUT2D eigenvalue weighted by Crippen LogP contribution is 2.49. The van der Waals surface area contributed by atoms with Crippen molar-refractivity contribution in [1.82, 2.24) is 24.8 Å². The van der Waals surface area contributed by atoms with Crippen LogP contribution >= 0.6 is 0 Å². The topological polar surface area (TPSA) is 93.2 Å². The molecule has 0 aliphatic carbocycles. The molecule has 346 valence electrons. The highest BCUT2D eigenvalue weighted by atomic mass is 28.3. The number of pyridine rings is 1. The lowest BCUT2D eigenvalue weighted by Gasteiger charge is -2.48. The van der Waals surface area contributed by atoms with E-state index in [0.29, 0.717) is 36.6 Å². The number of benzene rings is 2. The van der Waals surface area contributed by atoms with Crippen molar-refractivity contribution in [3.8, 4) is 34.6 Å². The molecule has 2 bridgehead atoms. The van der Waals surface area contributed by atoms with Gasteiger partial charge in [0.1, 0.15) is 61.4 Å². The van der Waals surface area contributed by atoms with Crippen molar-refractivity contribution in [2.45, 2.75) is 146 Å². The van der Waals surface area contributed by atoms with Gasteiger partial charge in [-0.3, -0.25) is 9.80 Å². The molecule has 6 atom stereocenters. The minimum Gasteiger partial charge on any atom is -0.469 e. The molecule has 4 saturated heterocycles. The monoisotopic (exact) mass is 912 g/mol. The molecule has 5 unspecified atom stereocenters. The molecule has 1 amide bonds. The van der Waals surface area contributed by atoms with Crippen LogP contribution in [-0.4, -0.2) is 113 Å². The van der Waals surface area contributed by atoms with E-state index in [1.54, 1.807) is 43.9 Å². The van der Waals surface area contributed by atoms with Crippen molar-refractivity contribution in [2.75, 3.05) is 37.8 Å². The Kier molecular flexibility index (Phi) is 11.4. The summed E-state index contributed by atoms with van der Waals surface area (Å²) in [6, 6.07) is 6.46. The SMILES string of the molecule is C=C1CN2C[C@H](F)CC2(COc2nc3c4c(nc(-c5cccc6ccc(F)c(C#C[Si](C(C)C)(C(C)C)C(C)C)c56)c(F)c4n2)OC(CF)C2C4CCC(CN32)N4C(=O)OC(C)(C)C)C1. The Hall–Kier alpha value is -4.94. The van der Waals surface area contributed by atoms with Gasteiger partial charge in [0.05, 0.1) is 29.2 Å². The standard InChI is InChI=1S/C50H60F4N6O4Si/c1-27(2)65(28(3)4,29(5)6)19-18-34-36(53)16-14-31-12-11-13-35(39(31)34)42-41(54)43-40-45(57-47(56-43)62-26-50-20-30(7)23-58(50)24-32(52)21-50)59-25-33-15-17-37(60(33)48(61)64-49(8,9)10)44(59)38(22-51)63-46(40)55-42/h11-14,16,27-29,32-33,37-38,44H,7,15,17,20-26H2,1-6,8-10H3/t32-,33?,37?,38?,44?,50?/m1/s1. The van der Waals surface area contributed by atoms with E-state index in [1.165, 1.54) is 6.07 Å². The number of carbonyl (C=O) groups excluding carboxylic acids is 1. The summed E-state index contributed by atoms with van der Waals surface area (Å²) in [5, 5.41) is 1.13. The van der Waals surface area contributed by atoms with Crippen LogP contribution in [0.4, 0.5) is 28.2 Å². The molecule has 9 rings (SSSR count). The van der Waals surface area contributed by atoms with Gasteiger partial charge in [0, 0.05) is 37.0 Å². The van der Waals surface area contributed by atoms with E-state index in [0.717, 1.165) is 5.57 Å². The summed E-state index contributed by atoms with van der Waals surface area (Å²) in [4.78, 5) is 34.0. The molecule has 0 N–H and O–H groups in total. The number of hydrogen-bond acceptors (Lipinski definition) is 9. The minimum atomic E-state index is -2.35. The number of halogens is 4. The summed E-state index contributed by atoms with van der Waals surface area (Å²) in [5.41, 5.74) is 4.04. The molecule has 0 radical (unpaired) electrons. The highest BCUT2D eigenvalue weighted by molar-refractivity contribution is 6.90. The average Bonchev–Trinajstić information content (AvgIpc) is 3.79. The largest absolute Gasteiger partial charge is 0.469 e. The predicted octanol–water partition coefficient (Wildman–Crippen LogP) is 10.5. The molecular formula is C50H60F4N6O4Si. The van der Waals surface area contributed by atoms with E-state index in [-0.39, 0.29) is 94.2 Å². The van der Waals surface area contributed by atoms with Crippen LogP contribution in [0.15, 0.2) is 42.5 Å². The Morgan fingerprint density at radius 1 is 1.02 bits per heavy atom. The second-order valence-electron chi connectivity index (χ2n) is 20.9. The number of alkyl halides is 2. The molecule has 5 aliphatic heterocycles. The molecule has 2 aromatic carbocycles. The van der Waals surface area contributed by atoms with Gasteiger partial charge in [-0.15, -0.1) is 5.54 Å². The third-order valence-electron chi connectivity index (χ3n) is 14.8. The zero-order chi connectivity index (χ0) is 46.5. The van der Waals surface area contributed by atoms with Crippen molar-refractivity contribution >= 4 is 41.7 Å². The Bertz CT molecular complexity index is 2620.